The number of carbonyl (C=O) groups is 1. The molecule has 6 heteroatoms. The summed E-state index contributed by atoms with van der Waals surface area (Å²) in [6.07, 6.45) is 0.803. The molecule has 0 bridgehead atoms. The van der Waals surface area contributed by atoms with E-state index in [0.717, 1.165) is 6.42 Å². The van der Waals surface area contributed by atoms with Crippen LogP contribution in [0.25, 0.3) is 0 Å². The minimum Gasteiger partial charge on any atom is -0.490 e. The first kappa shape index (κ1) is 20.1. The smallest absolute Gasteiger partial charge is 0.251 e. The zero-order valence-corrected chi connectivity index (χ0v) is 16.7. The Morgan fingerprint density at radius 3 is 2.19 bits per heavy atom. The molecule has 0 saturated heterocycles. The lowest BCUT2D eigenvalue weighted by molar-refractivity contribution is 0.0939. The fourth-order valence-corrected chi connectivity index (χ4v) is 3.44. The molecule has 1 heterocycles. The summed E-state index contributed by atoms with van der Waals surface area (Å²) in [4.78, 5) is 14.0. The first-order valence-electron chi connectivity index (χ1n) is 8.98. The van der Waals surface area contributed by atoms with Crippen LogP contribution in [0.3, 0.4) is 0 Å². The molecule has 0 saturated carbocycles. The lowest BCUT2D eigenvalue weighted by Crippen LogP contribution is -2.33. The number of benzene rings is 1. The molecule has 142 valence electrons. The molecule has 0 aliphatic carbocycles. The Morgan fingerprint density at radius 2 is 1.69 bits per heavy atom. The average Bonchev–Trinajstić information content (AvgIpc) is 3.10. The van der Waals surface area contributed by atoms with E-state index in [1.807, 2.05) is 39.1 Å². The molecular weight excluding hydrogens is 350 g/mol. The normalized spacial score (nSPS) is 11.7. The second-order valence-electron chi connectivity index (χ2n) is 5.76. The third-order valence-electron chi connectivity index (χ3n) is 3.64. The second-order valence-corrected chi connectivity index (χ2v) is 6.79. The monoisotopic (exact) mass is 377 g/mol. The first-order valence-corrected chi connectivity index (χ1v) is 9.86. The molecular formula is C20H27NO4S. The number of hydrogen-bond acceptors (Lipinski definition) is 5. The number of amides is 1. The summed E-state index contributed by atoms with van der Waals surface area (Å²) in [7, 11) is 0. The van der Waals surface area contributed by atoms with Gasteiger partial charge in [0.1, 0.15) is 0 Å². The van der Waals surface area contributed by atoms with Gasteiger partial charge in [0.25, 0.3) is 5.91 Å². The molecule has 2 aromatic rings. The van der Waals surface area contributed by atoms with Crippen molar-refractivity contribution >= 4 is 17.2 Å². The lowest BCUT2D eigenvalue weighted by atomic mass is 10.1. The van der Waals surface area contributed by atoms with E-state index in [1.54, 1.807) is 23.5 Å². The highest BCUT2D eigenvalue weighted by molar-refractivity contribution is 7.09. The van der Waals surface area contributed by atoms with E-state index in [-0.39, 0.29) is 11.9 Å². The van der Waals surface area contributed by atoms with Crippen LogP contribution in [0.5, 0.6) is 17.2 Å². The van der Waals surface area contributed by atoms with E-state index >= 15 is 0 Å². The van der Waals surface area contributed by atoms with E-state index in [0.29, 0.717) is 42.6 Å². The van der Waals surface area contributed by atoms with E-state index in [4.69, 9.17) is 14.2 Å². The Hall–Kier alpha value is -2.21. The molecule has 0 spiro atoms. The van der Waals surface area contributed by atoms with Crippen molar-refractivity contribution < 1.29 is 19.0 Å². The van der Waals surface area contributed by atoms with Crippen LogP contribution in [-0.2, 0) is 6.42 Å². The fraction of sp³-hybridized carbons (Fsp3) is 0.450. The van der Waals surface area contributed by atoms with Gasteiger partial charge in [-0.15, -0.1) is 11.3 Å². The van der Waals surface area contributed by atoms with Gasteiger partial charge in [0.2, 0.25) is 5.75 Å². The van der Waals surface area contributed by atoms with Gasteiger partial charge in [-0.3, -0.25) is 4.79 Å². The lowest BCUT2D eigenvalue weighted by Gasteiger charge is -2.18. The number of rotatable bonds is 10. The molecule has 1 aromatic carbocycles. The van der Waals surface area contributed by atoms with Crippen molar-refractivity contribution in [2.24, 2.45) is 0 Å². The summed E-state index contributed by atoms with van der Waals surface area (Å²) in [5.41, 5.74) is 0.499. The molecule has 0 aliphatic heterocycles. The fourth-order valence-electron chi connectivity index (χ4n) is 2.61. The molecule has 1 amide bonds. The van der Waals surface area contributed by atoms with Gasteiger partial charge in [-0.25, -0.2) is 0 Å². The Balaban J connectivity index is 2.21. The van der Waals surface area contributed by atoms with Crippen LogP contribution in [0.4, 0.5) is 0 Å². The highest BCUT2D eigenvalue weighted by Crippen LogP contribution is 2.39. The van der Waals surface area contributed by atoms with Gasteiger partial charge in [-0.2, -0.15) is 0 Å². The summed E-state index contributed by atoms with van der Waals surface area (Å²) in [5, 5.41) is 5.08. The van der Waals surface area contributed by atoms with Crippen molar-refractivity contribution in [2.75, 3.05) is 19.8 Å². The van der Waals surface area contributed by atoms with Crippen LogP contribution >= 0.6 is 11.3 Å². The van der Waals surface area contributed by atoms with Crippen molar-refractivity contribution in [3.63, 3.8) is 0 Å². The first-order chi connectivity index (χ1) is 12.6. The van der Waals surface area contributed by atoms with Gasteiger partial charge < -0.3 is 19.5 Å². The highest BCUT2D eigenvalue weighted by Gasteiger charge is 2.19. The maximum Gasteiger partial charge on any atom is 0.251 e. The minimum absolute atomic E-state index is 0.0267. The van der Waals surface area contributed by atoms with Crippen LogP contribution in [0.2, 0.25) is 0 Å². The van der Waals surface area contributed by atoms with E-state index in [1.165, 1.54) is 4.88 Å². The van der Waals surface area contributed by atoms with Gasteiger partial charge in [-0.05, 0) is 51.3 Å². The summed E-state index contributed by atoms with van der Waals surface area (Å²) in [5.74, 6) is 1.44. The van der Waals surface area contributed by atoms with Crippen LogP contribution in [0.1, 0.15) is 42.9 Å². The predicted molar refractivity (Wildman–Crippen MR) is 105 cm³/mol. The van der Waals surface area contributed by atoms with Crippen LogP contribution in [0.15, 0.2) is 29.6 Å². The summed E-state index contributed by atoms with van der Waals surface area (Å²) >= 11 is 1.69. The maximum atomic E-state index is 12.7. The largest absolute Gasteiger partial charge is 0.490 e. The number of nitrogens with one attached hydrogen (secondary N) is 1. The average molecular weight is 378 g/mol. The number of carbonyl (C=O) groups excluding carboxylic acids is 1. The highest BCUT2D eigenvalue weighted by atomic mass is 32.1. The standard InChI is InChI=1S/C20H27NO4S/c1-5-23-17-12-15(13-18(24-6-2)19(17)25-7-3)20(22)21-14(4)11-16-9-8-10-26-16/h8-10,12-14H,5-7,11H2,1-4H3,(H,21,22)/t14-/m0/s1. The number of thiophene rings is 1. The van der Waals surface area contributed by atoms with Gasteiger partial charge in [-0.1, -0.05) is 6.07 Å². The molecule has 0 aliphatic rings. The third-order valence-corrected chi connectivity index (χ3v) is 4.54. The molecule has 1 atom stereocenters. The second kappa shape index (κ2) is 10.1. The van der Waals surface area contributed by atoms with Crippen LogP contribution in [0, 0.1) is 0 Å². The summed E-state index contributed by atoms with van der Waals surface area (Å²) in [6.45, 7) is 9.13. The Morgan fingerprint density at radius 1 is 1.08 bits per heavy atom. The quantitative estimate of drug-likeness (QED) is 0.670. The topological polar surface area (TPSA) is 56.8 Å². The molecule has 5 nitrogen and oxygen atoms in total. The Labute approximate surface area is 159 Å². The van der Waals surface area contributed by atoms with Crippen molar-refractivity contribution in [1.29, 1.82) is 0 Å². The molecule has 2 rings (SSSR count). The molecule has 0 unspecified atom stereocenters. The van der Waals surface area contributed by atoms with Crippen molar-refractivity contribution in [3.8, 4) is 17.2 Å². The van der Waals surface area contributed by atoms with E-state index < -0.39 is 0 Å². The van der Waals surface area contributed by atoms with Crippen LogP contribution in [-0.4, -0.2) is 31.8 Å². The van der Waals surface area contributed by atoms with Gasteiger partial charge in [0.05, 0.1) is 19.8 Å². The van der Waals surface area contributed by atoms with E-state index in [9.17, 15) is 4.79 Å². The van der Waals surface area contributed by atoms with Gasteiger partial charge >= 0.3 is 0 Å². The zero-order valence-electron chi connectivity index (χ0n) is 15.8. The number of hydrogen-bond donors (Lipinski definition) is 1. The molecule has 1 aromatic heterocycles. The molecule has 1 N–H and O–H groups in total. The Bertz CT molecular complexity index is 673. The predicted octanol–water partition coefficient (Wildman–Crippen LogP) is 4.31. The molecule has 0 radical (unpaired) electrons. The summed E-state index contributed by atoms with van der Waals surface area (Å²) < 4.78 is 17.0. The SMILES string of the molecule is CCOc1cc(C(=O)N[C@@H](C)Cc2cccs2)cc(OCC)c1OCC. The maximum absolute atomic E-state index is 12.7. The molecule has 0 fully saturated rings. The van der Waals surface area contributed by atoms with Crippen molar-refractivity contribution in [2.45, 2.75) is 40.2 Å². The Kier molecular flexibility index (Phi) is 7.78. The molecule has 26 heavy (non-hydrogen) atoms. The van der Waals surface area contributed by atoms with Crippen molar-refractivity contribution in [1.82, 2.24) is 5.32 Å². The zero-order chi connectivity index (χ0) is 18.9. The summed E-state index contributed by atoms with van der Waals surface area (Å²) in [6, 6.07) is 7.54. The van der Waals surface area contributed by atoms with Crippen LogP contribution < -0.4 is 19.5 Å². The minimum atomic E-state index is -0.154. The van der Waals surface area contributed by atoms with E-state index in [2.05, 4.69) is 11.4 Å². The van der Waals surface area contributed by atoms with Gasteiger partial charge in [0, 0.05) is 22.9 Å². The third kappa shape index (κ3) is 5.39. The van der Waals surface area contributed by atoms with Crippen molar-refractivity contribution in [3.05, 3.63) is 40.1 Å². The number of ether oxygens (including phenoxy) is 3. The van der Waals surface area contributed by atoms with Gasteiger partial charge in [0.15, 0.2) is 11.5 Å².